The van der Waals surface area contributed by atoms with Gasteiger partial charge in [-0.2, -0.15) is 25.3 Å². The molecular weight excluding hydrogens is 192 g/mol. The Bertz CT molecular complexity index is 202. The minimum absolute atomic E-state index is 0.325. The van der Waals surface area contributed by atoms with E-state index in [1.54, 1.807) is 11.3 Å². The summed E-state index contributed by atoms with van der Waals surface area (Å²) in [6.07, 6.45) is 0. The molecule has 2 atom stereocenters. The minimum Gasteiger partial charge on any atom is -0.171 e. The van der Waals surface area contributed by atoms with Crippen LogP contribution >= 0.6 is 36.6 Å². The van der Waals surface area contributed by atoms with Crippen molar-refractivity contribution < 1.29 is 0 Å². The first-order valence-electron chi connectivity index (χ1n) is 3.56. The zero-order chi connectivity index (χ0) is 8.43. The SMILES string of the molecule is CC(S)c1ccsc1C(C)S. The molecule has 0 radical (unpaired) electrons. The Morgan fingerprint density at radius 2 is 1.91 bits per heavy atom. The van der Waals surface area contributed by atoms with Crippen molar-refractivity contribution in [3.8, 4) is 0 Å². The molecule has 0 aliphatic rings. The lowest BCUT2D eigenvalue weighted by molar-refractivity contribution is 1.05. The number of rotatable bonds is 2. The van der Waals surface area contributed by atoms with Crippen molar-refractivity contribution >= 4 is 36.6 Å². The van der Waals surface area contributed by atoms with Crippen molar-refractivity contribution in [1.82, 2.24) is 0 Å². The molecule has 0 bridgehead atoms. The van der Waals surface area contributed by atoms with Gasteiger partial charge >= 0.3 is 0 Å². The Balaban J connectivity index is 2.96. The van der Waals surface area contributed by atoms with Gasteiger partial charge in [-0.05, 0) is 30.9 Å². The molecule has 0 aromatic carbocycles. The Kier molecular flexibility index (Phi) is 3.34. The molecule has 0 aliphatic carbocycles. The van der Waals surface area contributed by atoms with E-state index in [1.165, 1.54) is 10.4 Å². The Labute approximate surface area is 82.8 Å². The summed E-state index contributed by atoms with van der Waals surface area (Å²) in [5.74, 6) is 0. The van der Waals surface area contributed by atoms with E-state index < -0.39 is 0 Å². The largest absolute Gasteiger partial charge is 0.171 e. The number of thiophene rings is 1. The van der Waals surface area contributed by atoms with E-state index >= 15 is 0 Å². The second kappa shape index (κ2) is 3.87. The highest BCUT2D eigenvalue weighted by Gasteiger charge is 2.11. The van der Waals surface area contributed by atoms with E-state index in [-0.39, 0.29) is 0 Å². The molecule has 0 saturated heterocycles. The van der Waals surface area contributed by atoms with Gasteiger partial charge in [0.1, 0.15) is 0 Å². The van der Waals surface area contributed by atoms with Crippen LogP contribution in [0.25, 0.3) is 0 Å². The number of thiol groups is 2. The van der Waals surface area contributed by atoms with Crippen LogP contribution in [0.1, 0.15) is 34.8 Å². The van der Waals surface area contributed by atoms with Crippen LogP contribution in [0.15, 0.2) is 11.4 Å². The van der Waals surface area contributed by atoms with Gasteiger partial charge in [0.25, 0.3) is 0 Å². The van der Waals surface area contributed by atoms with Crippen LogP contribution in [0.2, 0.25) is 0 Å². The summed E-state index contributed by atoms with van der Waals surface area (Å²) in [4.78, 5) is 1.34. The van der Waals surface area contributed by atoms with Crippen molar-refractivity contribution in [2.45, 2.75) is 24.3 Å². The Morgan fingerprint density at radius 1 is 1.27 bits per heavy atom. The van der Waals surface area contributed by atoms with Crippen LogP contribution in [0, 0.1) is 0 Å². The van der Waals surface area contributed by atoms with E-state index in [4.69, 9.17) is 0 Å². The second-order valence-electron chi connectivity index (χ2n) is 2.59. The molecule has 1 aromatic rings. The zero-order valence-corrected chi connectivity index (χ0v) is 9.22. The van der Waals surface area contributed by atoms with Crippen LogP contribution in [0.4, 0.5) is 0 Å². The fourth-order valence-electron chi connectivity index (χ4n) is 1.02. The van der Waals surface area contributed by atoms with Gasteiger partial charge in [0, 0.05) is 15.4 Å². The van der Waals surface area contributed by atoms with Gasteiger partial charge in [-0.25, -0.2) is 0 Å². The number of hydrogen-bond acceptors (Lipinski definition) is 3. The summed E-state index contributed by atoms with van der Waals surface area (Å²) in [7, 11) is 0. The normalized spacial score (nSPS) is 16.4. The summed E-state index contributed by atoms with van der Waals surface area (Å²) in [6.45, 7) is 4.18. The van der Waals surface area contributed by atoms with E-state index in [0.29, 0.717) is 10.5 Å². The maximum absolute atomic E-state index is 4.39. The lowest BCUT2D eigenvalue weighted by Gasteiger charge is -2.07. The molecule has 3 heteroatoms. The van der Waals surface area contributed by atoms with Crippen molar-refractivity contribution in [3.05, 3.63) is 21.9 Å². The second-order valence-corrected chi connectivity index (χ2v) is 5.09. The van der Waals surface area contributed by atoms with Crippen LogP contribution in [-0.2, 0) is 0 Å². The van der Waals surface area contributed by atoms with Gasteiger partial charge in [-0.3, -0.25) is 0 Å². The molecule has 0 amide bonds. The molecule has 1 rings (SSSR count). The average Bonchev–Trinajstić information content (AvgIpc) is 2.32. The zero-order valence-electron chi connectivity index (χ0n) is 6.61. The fourth-order valence-corrected chi connectivity index (χ4v) is 2.60. The highest BCUT2D eigenvalue weighted by Crippen LogP contribution is 2.34. The third-order valence-corrected chi connectivity index (χ3v) is 3.38. The van der Waals surface area contributed by atoms with Gasteiger partial charge in [0.15, 0.2) is 0 Å². The fraction of sp³-hybridized carbons (Fsp3) is 0.500. The maximum Gasteiger partial charge on any atom is 0.0336 e. The van der Waals surface area contributed by atoms with Gasteiger partial charge in [0.05, 0.1) is 0 Å². The smallest absolute Gasteiger partial charge is 0.0336 e. The molecule has 0 saturated carbocycles. The monoisotopic (exact) mass is 204 g/mol. The molecule has 1 heterocycles. The van der Waals surface area contributed by atoms with Gasteiger partial charge in [-0.15, -0.1) is 11.3 Å². The molecular formula is C8H12S3. The molecule has 62 valence electrons. The first kappa shape index (κ1) is 9.49. The summed E-state index contributed by atoms with van der Waals surface area (Å²) in [6, 6.07) is 2.13. The minimum atomic E-state index is 0.325. The first-order valence-corrected chi connectivity index (χ1v) is 5.47. The molecule has 0 nitrogen and oxygen atoms in total. The van der Waals surface area contributed by atoms with E-state index in [2.05, 4.69) is 50.6 Å². The standard InChI is InChI=1S/C8H12S3/c1-5(9)7-3-4-11-8(7)6(2)10/h3-6,9-10H,1-2H3. The van der Waals surface area contributed by atoms with Gasteiger partial charge in [0.2, 0.25) is 0 Å². The van der Waals surface area contributed by atoms with Crippen LogP contribution in [0.5, 0.6) is 0 Å². The quantitative estimate of drug-likeness (QED) is 0.674. The number of hydrogen-bond donors (Lipinski definition) is 2. The molecule has 0 N–H and O–H groups in total. The Morgan fingerprint density at radius 3 is 2.27 bits per heavy atom. The lowest BCUT2D eigenvalue weighted by Crippen LogP contribution is -1.88. The van der Waals surface area contributed by atoms with Crippen molar-refractivity contribution in [2.75, 3.05) is 0 Å². The summed E-state index contributed by atoms with van der Waals surface area (Å²) >= 11 is 10.5. The van der Waals surface area contributed by atoms with Crippen molar-refractivity contribution in [3.63, 3.8) is 0 Å². The van der Waals surface area contributed by atoms with E-state index in [0.717, 1.165) is 0 Å². The van der Waals surface area contributed by atoms with E-state index in [1.807, 2.05) is 0 Å². The van der Waals surface area contributed by atoms with E-state index in [9.17, 15) is 0 Å². The third kappa shape index (κ3) is 2.17. The molecule has 0 spiro atoms. The lowest BCUT2D eigenvalue weighted by atomic mass is 10.2. The third-order valence-electron chi connectivity index (χ3n) is 1.56. The van der Waals surface area contributed by atoms with Crippen LogP contribution in [0.3, 0.4) is 0 Å². The summed E-state index contributed by atoms with van der Waals surface area (Å²) in [5, 5.41) is 2.76. The highest BCUT2D eigenvalue weighted by molar-refractivity contribution is 7.81. The molecule has 1 aromatic heterocycles. The highest BCUT2D eigenvalue weighted by atomic mass is 32.1. The predicted octanol–water partition coefficient (Wildman–Crippen LogP) is 3.73. The molecule has 0 fully saturated rings. The topological polar surface area (TPSA) is 0 Å². The average molecular weight is 204 g/mol. The summed E-state index contributed by atoms with van der Waals surface area (Å²) < 4.78 is 0. The van der Waals surface area contributed by atoms with Crippen molar-refractivity contribution in [1.29, 1.82) is 0 Å². The molecule has 2 unspecified atom stereocenters. The predicted molar refractivity (Wildman–Crippen MR) is 59.1 cm³/mol. The van der Waals surface area contributed by atoms with Crippen molar-refractivity contribution in [2.24, 2.45) is 0 Å². The molecule has 0 aliphatic heterocycles. The first-order chi connectivity index (χ1) is 5.13. The van der Waals surface area contributed by atoms with Gasteiger partial charge in [-0.1, -0.05) is 0 Å². The van der Waals surface area contributed by atoms with Crippen LogP contribution < -0.4 is 0 Å². The van der Waals surface area contributed by atoms with Gasteiger partial charge < -0.3 is 0 Å². The van der Waals surface area contributed by atoms with Crippen LogP contribution in [-0.4, -0.2) is 0 Å². The maximum atomic E-state index is 4.39. The Hall–Kier alpha value is 0.400. The molecule has 11 heavy (non-hydrogen) atoms. The summed E-state index contributed by atoms with van der Waals surface area (Å²) in [5.41, 5.74) is 1.32.